The number of nitrogens with zero attached hydrogens (tertiary/aromatic N) is 3. The van der Waals surface area contributed by atoms with E-state index in [4.69, 9.17) is 5.10 Å². The standard InChI is InChI=1S/C20H30N4/c1-20(2,3)19-16(13-23-12-8-9-17(15-23)21-4)14-24(22-19)18-10-6-5-7-11-18/h5-7,10-11,14,17,21H,8-9,12-13,15H2,1-4H3. The van der Waals surface area contributed by atoms with Gasteiger partial charge in [0, 0.05) is 36.3 Å². The Labute approximate surface area is 145 Å². The number of hydrogen-bond acceptors (Lipinski definition) is 3. The maximum atomic E-state index is 4.93. The molecule has 4 heteroatoms. The lowest BCUT2D eigenvalue weighted by Crippen LogP contribution is -2.44. The van der Waals surface area contributed by atoms with Crippen molar-refractivity contribution in [3.63, 3.8) is 0 Å². The molecule has 1 aliphatic heterocycles. The normalized spacial score (nSPS) is 19.6. The Kier molecular flexibility index (Phi) is 5.07. The van der Waals surface area contributed by atoms with Crippen molar-refractivity contribution >= 4 is 0 Å². The molecule has 1 unspecified atom stereocenters. The molecule has 0 aliphatic carbocycles. The third-order valence-electron chi connectivity index (χ3n) is 4.83. The molecule has 1 N–H and O–H groups in total. The highest BCUT2D eigenvalue weighted by Gasteiger charge is 2.25. The van der Waals surface area contributed by atoms with Crippen LogP contribution in [0.4, 0.5) is 0 Å². The van der Waals surface area contributed by atoms with Crippen LogP contribution in [-0.2, 0) is 12.0 Å². The van der Waals surface area contributed by atoms with E-state index in [-0.39, 0.29) is 5.41 Å². The van der Waals surface area contributed by atoms with Crippen LogP contribution < -0.4 is 5.32 Å². The van der Waals surface area contributed by atoms with E-state index in [2.05, 4.69) is 68.5 Å². The minimum Gasteiger partial charge on any atom is -0.316 e. The van der Waals surface area contributed by atoms with Gasteiger partial charge in [0.2, 0.25) is 0 Å². The van der Waals surface area contributed by atoms with Crippen molar-refractivity contribution in [1.82, 2.24) is 20.0 Å². The van der Waals surface area contributed by atoms with Gasteiger partial charge in [0.05, 0.1) is 11.4 Å². The second-order valence-electron chi connectivity index (χ2n) is 7.90. The Morgan fingerprint density at radius 2 is 1.96 bits per heavy atom. The maximum absolute atomic E-state index is 4.93. The summed E-state index contributed by atoms with van der Waals surface area (Å²) in [6.07, 6.45) is 4.77. The van der Waals surface area contributed by atoms with E-state index in [1.165, 1.54) is 30.6 Å². The number of rotatable bonds is 4. The molecule has 1 aromatic heterocycles. The fourth-order valence-electron chi connectivity index (χ4n) is 3.55. The van der Waals surface area contributed by atoms with Crippen molar-refractivity contribution < 1.29 is 0 Å². The molecule has 0 spiro atoms. The number of nitrogens with one attached hydrogen (secondary N) is 1. The van der Waals surface area contributed by atoms with Gasteiger partial charge in [0.15, 0.2) is 0 Å². The molecule has 0 bridgehead atoms. The van der Waals surface area contributed by atoms with Crippen molar-refractivity contribution in [3.8, 4) is 5.69 Å². The van der Waals surface area contributed by atoms with Crippen LogP contribution in [-0.4, -0.2) is 40.9 Å². The first-order chi connectivity index (χ1) is 11.5. The van der Waals surface area contributed by atoms with E-state index in [0.717, 1.165) is 18.8 Å². The second kappa shape index (κ2) is 7.08. The zero-order chi connectivity index (χ0) is 17.2. The Morgan fingerprint density at radius 1 is 1.21 bits per heavy atom. The van der Waals surface area contributed by atoms with Gasteiger partial charge in [-0.1, -0.05) is 39.0 Å². The summed E-state index contributed by atoms with van der Waals surface area (Å²) < 4.78 is 2.04. The van der Waals surface area contributed by atoms with Crippen molar-refractivity contribution in [2.45, 2.75) is 51.6 Å². The topological polar surface area (TPSA) is 33.1 Å². The molecule has 1 aromatic carbocycles. The highest BCUT2D eigenvalue weighted by Crippen LogP contribution is 2.27. The zero-order valence-electron chi connectivity index (χ0n) is 15.4. The smallest absolute Gasteiger partial charge is 0.0727 e. The number of aromatic nitrogens is 2. The summed E-state index contributed by atoms with van der Waals surface area (Å²) >= 11 is 0. The summed E-state index contributed by atoms with van der Waals surface area (Å²) in [4.78, 5) is 2.56. The van der Waals surface area contributed by atoms with Gasteiger partial charge in [-0.15, -0.1) is 0 Å². The molecule has 1 fully saturated rings. The van der Waals surface area contributed by atoms with E-state index < -0.39 is 0 Å². The molecule has 2 heterocycles. The van der Waals surface area contributed by atoms with E-state index >= 15 is 0 Å². The highest BCUT2D eigenvalue weighted by molar-refractivity contribution is 5.34. The number of likely N-dealkylation sites (N-methyl/N-ethyl adjacent to an activating group) is 1. The van der Waals surface area contributed by atoms with Crippen LogP contribution in [0, 0.1) is 0 Å². The Bertz CT molecular complexity index is 654. The molecule has 0 radical (unpaired) electrons. The van der Waals surface area contributed by atoms with Gasteiger partial charge < -0.3 is 5.32 Å². The van der Waals surface area contributed by atoms with Crippen molar-refractivity contribution in [2.75, 3.05) is 20.1 Å². The van der Waals surface area contributed by atoms with Crippen LogP contribution in [0.25, 0.3) is 5.69 Å². The van der Waals surface area contributed by atoms with Crippen molar-refractivity contribution in [2.24, 2.45) is 0 Å². The molecular formula is C20H30N4. The van der Waals surface area contributed by atoms with Crippen LogP contribution >= 0.6 is 0 Å². The first-order valence-electron chi connectivity index (χ1n) is 9.01. The minimum absolute atomic E-state index is 0.0492. The van der Waals surface area contributed by atoms with Gasteiger partial charge in [-0.25, -0.2) is 4.68 Å². The molecule has 1 aliphatic rings. The monoisotopic (exact) mass is 326 g/mol. The Balaban J connectivity index is 1.87. The lowest BCUT2D eigenvalue weighted by Gasteiger charge is -2.32. The number of hydrogen-bond donors (Lipinski definition) is 1. The summed E-state index contributed by atoms with van der Waals surface area (Å²) in [6.45, 7) is 10.0. The van der Waals surface area contributed by atoms with Crippen molar-refractivity contribution in [3.05, 3.63) is 47.8 Å². The van der Waals surface area contributed by atoms with Gasteiger partial charge in [-0.3, -0.25) is 4.90 Å². The lowest BCUT2D eigenvalue weighted by atomic mass is 9.89. The van der Waals surface area contributed by atoms with E-state index in [1.807, 2.05) is 10.7 Å². The van der Waals surface area contributed by atoms with Crippen LogP contribution in [0.1, 0.15) is 44.9 Å². The number of piperidine rings is 1. The van der Waals surface area contributed by atoms with Gasteiger partial charge in [-0.05, 0) is 38.6 Å². The van der Waals surface area contributed by atoms with E-state index in [0.29, 0.717) is 6.04 Å². The molecular weight excluding hydrogens is 296 g/mol. The second-order valence-corrected chi connectivity index (χ2v) is 7.90. The zero-order valence-corrected chi connectivity index (χ0v) is 15.4. The van der Waals surface area contributed by atoms with Gasteiger partial charge in [0.1, 0.15) is 0 Å². The molecule has 0 amide bonds. The predicted octanol–water partition coefficient (Wildman–Crippen LogP) is 3.35. The maximum Gasteiger partial charge on any atom is 0.0727 e. The third kappa shape index (κ3) is 3.87. The van der Waals surface area contributed by atoms with Crippen LogP contribution in [0.2, 0.25) is 0 Å². The quantitative estimate of drug-likeness (QED) is 0.935. The number of para-hydroxylation sites is 1. The SMILES string of the molecule is CNC1CCCN(Cc2cn(-c3ccccc3)nc2C(C)(C)C)C1. The largest absolute Gasteiger partial charge is 0.316 e. The van der Waals surface area contributed by atoms with E-state index in [9.17, 15) is 0 Å². The van der Waals surface area contributed by atoms with E-state index in [1.54, 1.807) is 0 Å². The van der Waals surface area contributed by atoms with Gasteiger partial charge in [0.25, 0.3) is 0 Å². The Morgan fingerprint density at radius 3 is 2.62 bits per heavy atom. The first-order valence-corrected chi connectivity index (χ1v) is 9.01. The molecule has 24 heavy (non-hydrogen) atoms. The molecule has 130 valence electrons. The van der Waals surface area contributed by atoms with Crippen LogP contribution in [0.15, 0.2) is 36.5 Å². The fraction of sp³-hybridized carbons (Fsp3) is 0.550. The van der Waals surface area contributed by atoms with Crippen molar-refractivity contribution in [1.29, 1.82) is 0 Å². The predicted molar refractivity (Wildman–Crippen MR) is 99.6 cm³/mol. The Hall–Kier alpha value is -1.65. The molecule has 2 aromatic rings. The van der Waals surface area contributed by atoms with Crippen LogP contribution in [0.3, 0.4) is 0 Å². The summed E-state index contributed by atoms with van der Waals surface area (Å²) in [5.74, 6) is 0. The molecule has 0 saturated carbocycles. The highest BCUT2D eigenvalue weighted by atomic mass is 15.3. The number of likely N-dealkylation sites (tertiary alicyclic amines) is 1. The van der Waals surface area contributed by atoms with Gasteiger partial charge >= 0.3 is 0 Å². The minimum atomic E-state index is 0.0492. The molecule has 1 saturated heterocycles. The fourth-order valence-corrected chi connectivity index (χ4v) is 3.55. The third-order valence-corrected chi connectivity index (χ3v) is 4.83. The first kappa shape index (κ1) is 17.2. The average Bonchev–Trinajstić information content (AvgIpc) is 3.00. The summed E-state index contributed by atoms with van der Waals surface area (Å²) in [7, 11) is 2.07. The van der Waals surface area contributed by atoms with Gasteiger partial charge in [-0.2, -0.15) is 5.10 Å². The number of benzene rings is 1. The lowest BCUT2D eigenvalue weighted by molar-refractivity contribution is 0.187. The molecule has 1 atom stereocenters. The summed E-state index contributed by atoms with van der Waals surface area (Å²) in [6, 6.07) is 11.0. The molecule has 3 rings (SSSR count). The summed E-state index contributed by atoms with van der Waals surface area (Å²) in [5.41, 5.74) is 3.73. The van der Waals surface area contributed by atoms with Crippen LogP contribution in [0.5, 0.6) is 0 Å². The molecule has 4 nitrogen and oxygen atoms in total. The average molecular weight is 326 g/mol. The summed E-state index contributed by atoms with van der Waals surface area (Å²) in [5, 5.41) is 8.36.